The molecule has 1 aromatic heterocycles. The molecule has 0 aliphatic heterocycles. The molecule has 0 atom stereocenters. The Kier molecular flexibility index (Phi) is 4.63. The minimum Gasteiger partial charge on any atom is -0.497 e. The third-order valence-corrected chi connectivity index (χ3v) is 4.44. The molecule has 0 radical (unpaired) electrons. The topological polar surface area (TPSA) is 38.3 Å². The monoisotopic (exact) mass is 437 g/mol. The van der Waals surface area contributed by atoms with Crippen molar-refractivity contribution in [2.75, 3.05) is 12.4 Å². The van der Waals surface area contributed by atoms with Gasteiger partial charge in [-0.25, -0.2) is 0 Å². The molecule has 0 unspecified atom stereocenters. The van der Waals surface area contributed by atoms with Crippen LogP contribution in [0.5, 0.6) is 5.75 Å². The highest BCUT2D eigenvalue weighted by Gasteiger charge is 2.09. The maximum Gasteiger partial charge on any atom is 0.256 e. The van der Waals surface area contributed by atoms with E-state index in [0.717, 1.165) is 7.36 Å². The summed E-state index contributed by atoms with van der Waals surface area (Å²) in [4.78, 5) is 12.0. The molecule has 1 N–H and O–H groups in total. The average Bonchev–Trinajstić information content (AvgIpc) is 2.75. The minimum absolute atomic E-state index is 0.116. The van der Waals surface area contributed by atoms with E-state index in [1.807, 2.05) is 23.6 Å². The third kappa shape index (κ3) is 3.46. The summed E-state index contributed by atoms with van der Waals surface area (Å²) < 4.78 is 7.09. The maximum absolute atomic E-state index is 12.0. The Hall–Kier alpha value is -0.600. The van der Waals surface area contributed by atoms with Crippen LogP contribution >= 0.6 is 49.9 Å². The van der Waals surface area contributed by atoms with Crippen LogP contribution < -0.4 is 10.1 Å². The van der Waals surface area contributed by atoms with Crippen molar-refractivity contribution >= 4 is 61.5 Å². The third-order valence-electron chi connectivity index (χ3n) is 2.19. The van der Waals surface area contributed by atoms with Crippen LogP contribution in [0, 0.1) is 2.88 Å². The van der Waals surface area contributed by atoms with Crippen LogP contribution in [0.3, 0.4) is 0 Å². The molecule has 1 heterocycles. The number of halogens is 2. The molecule has 3 nitrogen and oxygen atoms in total. The van der Waals surface area contributed by atoms with Crippen LogP contribution in [0.1, 0.15) is 10.4 Å². The van der Waals surface area contributed by atoms with Gasteiger partial charge in [0.25, 0.3) is 5.91 Å². The number of nitrogens with one attached hydrogen (secondary N) is 1. The Morgan fingerprint density at radius 1 is 1.39 bits per heavy atom. The number of benzene rings is 1. The average molecular weight is 438 g/mol. The number of methoxy groups -OCH3 is 1. The first-order valence-corrected chi connectivity index (χ1v) is 7.73. The van der Waals surface area contributed by atoms with E-state index in [0.29, 0.717) is 17.0 Å². The predicted molar refractivity (Wildman–Crippen MR) is 85.7 cm³/mol. The predicted octanol–water partition coefficient (Wildman–Crippen LogP) is 4.38. The minimum atomic E-state index is -0.116. The van der Waals surface area contributed by atoms with E-state index in [4.69, 9.17) is 4.74 Å². The molecule has 1 aromatic carbocycles. The zero-order valence-corrected chi connectivity index (χ0v) is 13.9. The molecule has 18 heavy (non-hydrogen) atoms. The van der Waals surface area contributed by atoms with Crippen LogP contribution in [0.15, 0.2) is 34.1 Å². The maximum atomic E-state index is 12.0. The van der Waals surface area contributed by atoms with E-state index in [2.05, 4.69) is 43.8 Å². The fourth-order valence-corrected chi connectivity index (χ4v) is 3.18. The lowest BCUT2D eigenvalue weighted by molar-refractivity contribution is 0.102. The Labute approximate surface area is 131 Å². The Bertz CT molecular complexity index is 585. The van der Waals surface area contributed by atoms with Gasteiger partial charge in [0.1, 0.15) is 5.75 Å². The van der Waals surface area contributed by atoms with Crippen molar-refractivity contribution in [2.24, 2.45) is 0 Å². The second-order valence-corrected chi connectivity index (χ2v) is 7.19. The zero-order chi connectivity index (χ0) is 13.1. The van der Waals surface area contributed by atoms with E-state index >= 15 is 0 Å². The number of anilines is 1. The molecular weight excluding hydrogens is 429 g/mol. The van der Waals surface area contributed by atoms with Crippen molar-refractivity contribution in [3.05, 3.63) is 42.6 Å². The number of ether oxygens (including phenoxy) is 1. The van der Waals surface area contributed by atoms with Gasteiger partial charge in [-0.3, -0.25) is 4.79 Å². The Balaban J connectivity index is 2.18. The van der Waals surface area contributed by atoms with Crippen molar-refractivity contribution in [1.82, 2.24) is 0 Å². The molecule has 0 saturated heterocycles. The van der Waals surface area contributed by atoms with Crippen LogP contribution in [0.2, 0.25) is 0 Å². The number of amides is 1. The number of carbonyl (C=O) groups is 1. The first kappa shape index (κ1) is 13.8. The first-order chi connectivity index (χ1) is 8.58. The largest absolute Gasteiger partial charge is 0.497 e. The van der Waals surface area contributed by atoms with E-state index in [1.165, 1.54) is 0 Å². The van der Waals surface area contributed by atoms with Crippen molar-refractivity contribution in [3.8, 4) is 5.75 Å². The summed E-state index contributed by atoms with van der Waals surface area (Å²) in [7, 11) is 1.59. The quantitative estimate of drug-likeness (QED) is 0.723. The van der Waals surface area contributed by atoms with Crippen molar-refractivity contribution in [1.29, 1.82) is 0 Å². The van der Waals surface area contributed by atoms with Gasteiger partial charge in [-0.15, -0.1) is 11.3 Å². The van der Waals surface area contributed by atoms with Gasteiger partial charge in [-0.05, 0) is 40.8 Å². The standard InChI is InChI=1S/C12H9BrINO2S/c1-17-10-4-8(13)3-9(5-10)15-12(16)7-2-11(14)18-6-7/h2-6H,1H3,(H,15,16). The fraction of sp³-hybridized carbons (Fsp3) is 0.0833. The summed E-state index contributed by atoms with van der Waals surface area (Å²) in [5.74, 6) is 0.578. The van der Waals surface area contributed by atoms with Gasteiger partial charge in [0.05, 0.1) is 15.6 Å². The molecule has 0 aliphatic carbocycles. The highest BCUT2D eigenvalue weighted by atomic mass is 127. The molecule has 6 heteroatoms. The normalized spacial score (nSPS) is 10.2. The van der Waals surface area contributed by atoms with E-state index in [1.54, 1.807) is 24.5 Å². The van der Waals surface area contributed by atoms with Crippen molar-refractivity contribution < 1.29 is 9.53 Å². The molecule has 1 amide bonds. The number of carbonyl (C=O) groups excluding carboxylic acids is 1. The molecule has 0 spiro atoms. The van der Waals surface area contributed by atoms with Crippen LogP contribution in [-0.2, 0) is 0 Å². The summed E-state index contributed by atoms with van der Waals surface area (Å²) in [6.07, 6.45) is 0. The SMILES string of the molecule is COc1cc(Br)cc(NC(=O)c2csc(I)c2)c1. The summed E-state index contributed by atoms with van der Waals surface area (Å²) in [5.41, 5.74) is 1.37. The lowest BCUT2D eigenvalue weighted by Crippen LogP contribution is -2.10. The highest BCUT2D eigenvalue weighted by molar-refractivity contribution is 14.1. The fourth-order valence-electron chi connectivity index (χ4n) is 1.39. The lowest BCUT2D eigenvalue weighted by Gasteiger charge is -2.07. The van der Waals surface area contributed by atoms with Gasteiger partial charge in [-0.1, -0.05) is 15.9 Å². The van der Waals surface area contributed by atoms with E-state index in [9.17, 15) is 4.79 Å². The van der Waals surface area contributed by atoms with Gasteiger partial charge < -0.3 is 10.1 Å². The second kappa shape index (κ2) is 6.03. The molecule has 0 bridgehead atoms. The zero-order valence-electron chi connectivity index (χ0n) is 9.37. The summed E-state index contributed by atoms with van der Waals surface area (Å²) in [5, 5.41) is 4.68. The molecular formula is C12H9BrINO2S. The lowest BCUT2D eigenvalue weighted by atomic mass is 10.2. The molecule has 94 valence electrons. The first-order valence-electron chi connectivity index (χ1n) is 4.98. The number of hydrogen-bond acceptors (Lipinski definition) is 3. The Morgan fingerprint density at radius 2 is 2.17 bits per heavy atom. The molecule has 0 saturated carbocycles. The molecule has 0 aliphatic rings. The van der Waals surface area contributed by atoms with Gasteiger partial charge in [0, 0.05) is 21.6 Å². The van der Waals surface area contributed by atoms with Gasteiger partial charge in [-0.2, -0.15) is 0 Å². The highest BCUT2D eigenvalue weighted by Crippen LogP contribution is 2.25. The van der Waals surface area contributed by atoms with Crippen molar-refractivity contribution in [3.63, 3.8) is 0 Å². The number of hydrogen-bond donors (Lipinski definition) is 1. The smallest absolute Gasteiger partial charge is 0.256 e. The second-order valence-electron chi connectivity index (χ2n) is 3.47. The van der Waals surface area contributed by atoms with Crippen LogP contribution in [0.4, 0.5) is 5.69 Å². The summed E-state index contributed by atoms with van der Waals surface area (Å²) in [6, 6.07) is 7.30. The van der Waals surface area contributed by atoms with Gasteiger partial charge in [0.2, 0.25) is 0 Å². The Morgan fingerprint density at radius 3 is 2.78 bits per heavy atom. The van der Waals surface area contributed by atoms with E-state index in [-0.39, 0.29) is 5.91 Å². The van der Waals surface area contributed by atoms with Crippen LogP contribution in [-0.4, -0.2) is 13.0 Å². The number of rotatable bonds is 3. The molecule has 2 rings (SSSR count). The molecule has 2 aromatic rings. The van der Waals surface area contributed by atoms with Gasteiger partial charge >= 0.3 is 0 Å². The summed E-state index contributed by atoms with van der Waals surface area (Å²) in [6.45, 7) is 0. The number of thiophene rings is 1. The van der Waals surface area contributed by atoms with Crippen LogP contribution in [0.25, 0.3) is 0 Å². The van der Waals surface area contributed by atoms with Gasteiger partial charge in [0.15, 0.2) is 0 Å². The summed E-state index contributed by atoms with van der Waals surface area (Å²) >= 11 is 7.11. The van der Waals surface area contributed by atoms with Crippen molar-refractivity contribution in [2.45, 2.75) is 0 Å². The van der Waals surface area contributed by atoms with E-state index < -0.39 is 0 Å². The molecule has 0 fully saturated rings.